The van der Waals surface area contributed by atoms with Crippen molar-refractivity contribution in [2.45, 2.75) is 57.2 Å². The van der Waals surface area contributed by atoms with Crippen LogP contribution in [-0.2, 0) is 9.59 Å². The highest BCUT2D eigenvalue weighted by Crippen LogP contribution is 2.23. The van der Waals surface area contributed by atoms with Crippen LogP contribution in [-0.4, -0.2) is 29.9 Å². The summed E-state index contributed by atoms with van der Waals surface area (Å²) in [5.74, 6) is -0.261. The zero-order chi connectivity index (χ0) is 16.4. The number of nitrogens with one attached hydrogen (secondary N) is 3. The lowest BCUT2D eigenvalue weighted by Gasteiger charge is -2.40. The predicted molar refractivity (Wildman–Crippen MR) is 90.5 cm³/mol. The fourth-order valence-electron chi connectivity index (χ4n) is 3.39. The van der Waals surface area contributed by atoms with E-state index in [4.69, 9.17) is 11.6 Å². The van der Waals surface area contributed by atoms with Crippen LogP contribution in [0.25, 0.3) is 0 Å². The van der Waals surface area contributed by atoms with Crippen molar-refractivity contribution >= 4 is 29.1 Å². The SMILES string of the molecule is Cc1ccc(Cl)cc1NC(=O)C[C@@H]1N[C@@H]2CCCC[C@@H]2NC1=O. The number of piperazine rings is 1. The second-order valence-corrected chi connectivity index (χ2v) is 6.87. The third-order valence-electron chi connectivity index (χ3n) is 4.69. The van der Waals surface area contributed by atoms with Crippen LogP contribution in [0.15, 0.2) is 18.2 Å². The number of hydrogen-bond donors (Lipinski definition) is 3. The Morgan fingerprint density at radius 2 is 2.04 bits per heavy atom. The summed E-state index contributed by atoms with van der Waals surface area (Å²) in [6.45, 7) is 1.91. The minimum atomic E-state index is -0.464. The fourth-order valence-corrected chi connectivity index (χ4v) is 3.56. The van der Waals surface area contributed by atoms with Crippen LogP contribution in [0.1, 0.15) is 37.7 Å². The molecule has 0 bridgehead atoms. The largest absolute Gasteiger partial charge is 0.350 e. The molecule has 0 radical (unpaired) electrons. The molecule has 1 aromatic rings. The first kappa shape index (κ1) is 16.3. The van der Waals surface area contributed by atoms with E-state index in [0.717, 1.165) is 24.8 Å². The summed E-state index contributed by atoms with van der Waals surface area (Å²) in [7, 11) is 0. The average molecular weight is 336 g/mol. The molecular weight excluding hydrogens is 314 g/mol. The van der Waals surface area contributed by atoms with E-state index in [0.29, 0.717) is 10.7 Å². The van der Waals surface area contributed by atoms with Crippen molar-refractivity contribution in [3.8, 4) is 0 Å². The summed E-state index contributed by atoms with van der Waals surface area (Å²) in [6, 6.07) is 5.40. The van der Waals surface area contributed by atoms with Gasteiger partial charge in [-0.15, -0.1) is 0 Å². The summed E-state index contributed by atoms with van der Waals surface area (Å²) in [5.41, 5.74) is 1.63. The molecule has 0 aromatic heterocycles. The number of carbonyl (C=O) groups is 2. The molecule has 3 rings (SSSR count). The van der Waals surface area contributed by atoms with E-state index >= 15 is 0 Å². The molecule has 124 valence electrons. The normalized spacial score (nSPS) is 27.0. The third kappa shape index (κ3) is 3.85. The zero-order valence-corrected chi connectivity index (χ0v) is 14.0. The highest BCUT2D eigenvalue weighted by atomic mass is 35.5. The molecule has 1 aliphatic carbocycles. The van der Waals surface area contributed by atoms with Gasteiger partial charge in [0.2, 0.25) is 11.8 Å². The molecule has 0 spiro atoms. The monoisotopic (exact) mass is 335 g/mol. The Kier molecular flexibility index (Phi) is 4.87. The minimum absolute atomic E-state index is 0.0777. The van der Waals surface area contributed by atoms with Crippen LogP contribution < -0.4 is 16.0 Å². The summed E-state index contributed by atoms with van der Waals surface area (Å²) in [6.07, 6.45) is 4.52. The number of rotatable bonds is 3. The average Bonchev–Trinajstić information content (AvgIpc) is 2.51. The van der Waals surface area contributed by atoms with E-state index in [1.165, 1.54) is 6.42 Å². The van der Waals surface area contributed by atoms with Crippen LogP contribution in [0.5, 0.6) is 0 Å². The molecule has 2 aliphatic rings. The summed E-state index contributed by atoms with van der Waals surface area (Å²) < 4.78 is 0. The van der Waals surface area contributed by atoms with Gasteiger partial charge in [-0.25, -0.2) is 0 Å². The number of anilines is 1. The molecule has 23 heavy (non-hydrogen) atoms. The number of carbonyl (C=O) groups excluding carboxylic acids is 2. The molecule has 1 aromatic carbocycles. The molecule has 3 N–H and O–H groups in total. The number of fused-ring (bicyclic) bond motifs is 1. The zero-order valence-electron chi connectivity index (χ0n) is 13.2. The van der Waals surface area contributed by atoms with Crippen molar-refractivity contribution in [3.63, 3.8) is 0 Å². The topological polar surface area (TPSA) is 70.2 Å². The maximum atomic E-state index is 12.3. The van der Waals surface area contributed by atoms with Crippen LogP contribution >= 0.6 is 11.6 Å². The molecule has 2 fully saturated rings. The van der Waals surface area contributed by atoms with Gasteiger partial charge >= 0.3 is 0 Å². The Labute approximate surface area is 141 Å². The number of halogens is 1. The van der Waals surface area contributed by atoms with Gasteiger partial charge in [0.05, 0.1) is 12.5 Å². The molecule has 1 aliphatic heterocycles. The van der Waals surface area contributed by atoms with Gasteiger partial charge in [-0.1, -0.05) is 30.5 Å². The molecule has 2 amide bonds. The van der Waals surface area contributed by atoms with Crippen molar-refractivity contribution in [1.82, 2.24) is 10.6 Å². The summed E-state index contributed by atoms with van der Waals surface area (Å²) >= 11 is 5.96. The number of aryl methyl sites for hydroxylation is 1. The number of benzene rings is 1. The minimum Gasteiger partial charge on any atom is -0.350 e. The van der Waals surface area contributed by atoms with Crippen LogP contribution in [0.2, 0.25) is 5.02 Å². The summed E-state index contributed by atoms with van der Waals surface area (Å²) in [4.78, 5) is 24.5. The smallest absolute Gasteiger partial charge is 0.237 e. The van der Waals surface area contributed by atoms with E-state index in [1.54, 1.807) is 12.1 Å². The number of amides is 2. The van der Waals surface area contributed by atoms with Crippen LogP contribution in [0.4, 0.5) is 5.69 Å². The second-order valence-electron chi connectivity index (χ2n) is 6.44. The van der Waals surface area contributed by atoms with Crippen molar-refractivity contribution < 1.29 is 9.59 Å². The molecule has 1 heterocycles. The Balaban J connectivity index is 1.61. The highest BCUT2D eigenvalue weighted by Gasteiger charge is 2.36. The van der Waals surface area contributed by atoms with Gasteiger partial charge in [0.1, 0.15) is 0 Å². The lowest BCUT2D eigenvalue weighted by atomic mass is 9.87. The van der Waals surface area contributed by atoms with Crippen molar-refractivity contribution in [3.05, 3.63) is 28.8 Å². The van der Waals surface area contributed by atoms with E-state index in [9.17, 15) is 9.59 Å². The molecule has 1 saturated heterocycles. The molecule has 3 atom stereocenters. The fraction of sp³-hybridized carbons (Fsp3) is 0.529. The maximum absolute atomic E-state index is 12.3. The van der Waals surface area contributed by atoms with E-state index in [2.05, 4.69) is 16.0 Å². The first-order valence-corrected chi connectivity index (χ1v) is 8.53. The first-order valence-electron chi connectivity index (χ1n) is 8.15. The van der Waals surface area contributed by atoms with Gasteiger partial charge < -0.3 is 16.0 Å². The van der Waals surface area contributed by atoms with Gasteiger partial charge in [0.15, 0.2) is 0 Å². The quantitative estimate of drug-likeness (QED) is 0.794. The third-order valence-corrected chi connectivity index (χ3v) is 4.92. The highest BCUT2D eigenvalue weighted by molar-refractivity contribution is 6.31. The van der Waals surface area contributed by atoms with Gasteiger partial charge in [-0.2, -0.15) is 0 Å². The second kappa shape index (κ2) is 6.89. The van der Waals surface area contributed by atoms with Crippen LogP contribution in [0, 0.1) is 6.92 Å². The molecule has 1 saturated carbocycles. The van der Waals surface area contributed by atoms with E-state index in [-0.39, 0.29) is 30.3 Å². The Morgan fingerprint density at radius 3 is 2.83 bits per heavy atom. The van der Waals surface area contributed by atoms with Gasteiger partial charge in [0.25, 0.3) is 0 Å². The van der Waals surface area contributed by atoms with Gasteiger partial charge in [-0.05, 0) is 37.5 Å². The standard InChI is InChI=1S/C17H22ClN3O2/c1-10-6-7-11(18)8-14(10)20-16(22)9-15-17(23)21-13-5-3-2-4-12(13)19-15/h6-8,12-13,15,19H,2-5,9H2,1H3,(H,20,22)(H,21,23)/t12-,13+,15+/m1/s1. The Hall–Kier alpha value is -1.59. The van der Waals surface area contributed by atoms with Crippen LogP contribution in [0.3, 0.4) is 0 Å². The summed E-state index contributed by atoms with van der Waals surface area (Å²) in [5, 5.41) is 9.83. The van der Waals surface area contributed by atoms with Crippen molar-refractivity contribution in [2.24, 2.45) is 0 Å². The molecule has 0 unspecified atom stereocenters. The Bertz CT molecular complexity index is 620. The van der Waals surface area contributed by atoms with E-state index < -0.39 is 6.04 Å². The maximum Gasteiger partial charge on any atom is 0.237 e. The van der Waals surface area contributed by atoms with Gasteiger partial charge in [-0.3, -0.25) is 9.59 Å². The van der Waals surface area contributed by atoms with E-state index in [1.807, 2.05) is 13.0 Å². The van der Waals surface area contributed by atoms with Crippen molar-refractivity contribution in [1.29, 1.82) is 0 Å². The first-order chi connectivity index (χ1) is 11.0. The molecule has 6 heteroatoms. The predicted octanol–water partition coefficient (Wildman–Crippen LogP) is 2.38. The molecule has 5 nitrogen and oxygen atoms in total. The lowest BCUT2D eigenvalue weighted by molar-refractivity contribution is -0.129. The van der Waals surface area contributed by atoms with Gasteiger partial charge in [0, 0.05) is 22.8 Å². The lowest BCUT2D eigenvalue weighted by Crippen LogP contribution is -2.65. The molecular formula is C17H22ClN3O2. The van der Waals surface area contributed by atoms with Crippen molar-refractivity contribution in [2.75, 3.05) is 5.32 Å². The number of hydrogen-bond acceptors (Lipinski definition) is 3. The Morgan fingerprint density at radius 1 is 1.30 bits per heavy atom.